The number of fused-ring (bicyclic) bond motifs is 1. The van der Waals surface area contributed by atoms with Crippen LogP contribution < -0.4 is 10.6 Å². The Morgan fingerprint density at radius 3 is 3.08 bits per heavy atom. The first-order valence-corrected chi connectivity index (χ1v) is 5.00. The zero-order valence-corrected chi connectivity index (χ0v) is 8.35. The summed E-state index contributed by atoms with van der Waals surface area (Å²) >= 11 is 1.85. The van der Waals surface area contributed by atoms with E-state index in [1.54, 1.807) is 0 Å². The van der Waals surface area contributed by atoms with Crippen molar-refractivity contribution in [3.05, 3.63) is 16.3 Å². The van der Waals surface area contributed by atoms with E-state index in [1.165, 1.54) is 10.6 Å². The summed E-state index contributed by atoms with van der Waals surface area (Å²) in [5.41, 5.74) is 1.14. The minimum Gasteiger partial charge on any atom is -0.267 e. The van der Waals surface area contributed by atoms with Crippen LogP contribution in [0.15, 0.2) is 0 Å². The molecular formula is C9H12N2S. The predicted octanol–water partition coefficient (Wildman–Crippen LogP) is 0.382. The van der Waals surface area contributed by atoms with Crippen molar-refractivity contribution in [2.75, 3.05) is 0 Å². The molecule has 12 heavy (non-hydrogen) atoms. The van der Waals surface area contributed by atoms with Crippen LogP contribution in [0.25, 0.3) is 11.5 Å². The molecule has 3 heteroatoms. The van der Waals surface area contributed by atoms with E-state index in [9.17, 15) is 0 Å². The predicted molar refractivity (Wildman–Crippen MR) is 53.2 cm³/mol. The molecule has 2 nitrogen and oxygen atoms in total. The smallest absolute Gasteiger partial charge is 0.0742 e. The van der Waals surface area contributed by atoms with E-state index < -0.39 is 0 Å². The second-order valence-electron chi connectivity index (χ2n) is 3.13. The van der Waals surface area contributed by atoms with Gasteiger partial charge in [-0.3, -0.25) is 4.68 Å². The van der Waals surface area contributed by atoms with Gasteiger partial charge in [0.1, 0.15) is 0 Å². The van der Waals surface area contributed by atoms with E-state index in [2.05, 4.69) is 30.4 Å². The van der Waals surface area contributed by atoms with Crippen molar-refractivity contribution in [1.82, 2.24) is 9.78 Å². The van der Waals surface area contributed by atoms with Crippen LogP contribution in [0, 0.1) is 6.92 Å². The second kappa shape index (κ2) is 2.66. The van der Waals surface area contributed by atoms with Gasteiger partial charge >= 0.3 is 0 Å². The molecular weight excluding hydrogens is 168 g/mol. The highest BCUT2D eigenvalue weighted by atomic mass is 32.2. The number of aryl methyl sites for hydroxylation is 2. The summed E-state index contributed by atoms with van der Waals surface area (Å²) in [6.07, 6.45) is 2.28. The Kier molecular flexibility index (Phi) is 1.76. The molecule has 0 aromatic carbocycles. The van der Waals surface area contributed by atoms with E-state index in [0.717, 1.165) is 5.69 Å². The van der Waals surface area contributed by atoms with Gasteiger partial charge in [-0.25, -0.2) is 0 Å². The maximum Gasteiger partial charge on any atom is 0.0742 e. The SMILES string of the molecule is Cc1nn(C)c2c1=CC(C)SC=2. The van der Waals surface area contributed by atoms with Crippen molar-refractivity contribution in [3.8, 4) is 0 Å². The van der Waals surface area contributed by atoms with Gasteiger partial charge in [0, 0.05) is 17.5 Å². The van der Waals surface area contributed by atoms with Gasteiger partial charge in [0.25, 0.3) is 0 Å². The molecule has 0 spiro atoms. The Bertz CT molecular complexity index is 416. The molecule has 2 rings (SSSR count). The lowest BCUT2D eigenvalue weighted by atomic mass is 10.3. The maximum absolute atomic E-state index is 4.37. The monoisotopic (exact) mass is 180 g/mol. The summed E-state index contributed by atoms with van der Waals surface area (Å²) < 4.78 is 1.94. The van der Waals surface area contributed by atoms with Gasteiger partial charge in [0.2, 0.25) is 0 Å². The van der Waals surface area contributed by atoms with Gasteiger partial charge in [-0.1, -0.05) is 6.08 Å². The van der Waals surface area contributed by atoms with Gasteiger partial charge in [-0.15, -0.1) is 11.8 Å². The summed E-state index contributed by atoms with van der Waals surface area (Å²) in [5, 5.41) is 9.70. The normalized spacial score (nSPS) is 21.1. The molecule has 0 saturated carbocycles. The molecule has 1 atom stereocenters. The Morgan fingerprint density at radius 2 is 2.33 bits per heavy atom. The van der Waals surface area contributed by atoms with E-state index in [0.29, 0.717) is 5.25 Å². The standard InChI is InChI=1S/C9H12N2S/c1-6-4-8-7(2)10-11(3)9(8)5-12-6/h4-6H,1-3H3. The molecule has 0 saturated heterocycles. The molecule has 64 valence electrons. The average Bonchev–Trinajstić information content (AvgIpc) is 2.28. The maximum atomic E-state index is 4.37. The van der Waals surface area contributed by atoms with Crippen LogP contribution in [0.3, 0.4) is 0 Å². The minimum atomic E-state index is 0.584. The fourth-order valence-electron chi connectivity index (χ4n) is 1.48. The lowest BCUT2D eigenvalue weighted by molar-refractivity contribution is 0.735. The fourth-order valence-corrected chi connectivity index (χ4v) is 2.32. The van der Waals surface area contributed by atoms with Crippen LogP contribution in [-0.2, 0) is 7.05 Å². The lowest BCUT2D eigenvalue weighted by Crippen LogP contribution is -2.31. The first-order valence-electron chi connectivity index (χ1n) is 4.05. The highest BCUT2D eigenvalue weighted by Gasteiger charge is 2.07. The molecule has 1 aromatic rings. The van der Waals surface area contributed by atoms with E-state index in [4.69, 9.17) is 0 Å². The van der Waals surface area contributed by atoms with Crippen molar-refractivity contribution in [2.24, 2.45) is 7.05 Å². The largest absolute Gasteiger partial charge is 0.267 e. The van der Waals surface area contributed by atoms with Crippen molar-refractivity contribution in [3.63, 3.8) is 0 Å². The third kappa shape index (κ3) is 1.08. The zero-order chi connectivity index (χ0) is 8.72. The molecule has 1 unspecified atom stereocenters. The molecule has 0 fully saturated rings. The third-order valence-corrected chi connectivity index (χ3v) is 3.03. The van der Waals surface area contributed by atoms with Crippen LogP contribution in [0.5, 0.6) is 0 Å². The van der Waals surface area contributed by atoms with Gasteiger partial charge in [0.05, 0.1) is 11.0 Å². The summed E-state index contributed by atoms with van der Waals surface area (Å²) in [7, 11) is 1.99. The Morgan fingerprint density at radius 1 is 1.58 bits per heavy atom. The fraction of sp³-hybridized carbons (Fsp3) is 0.444. The van der Waals surface area contributed by atoms with E-state index >= 15 is 0 Å². The third-order valence-electron chi connectivity index (χ3n) is 2.11. The summed E-state index contributed by atoms with van der Waals surface area (Å²) in [6, 6.07) is 0. The molecule has 0 N–H and O–H groups in total. The molecule has 0 bridgehead atoms. The molecule has 0 radical (unpaired) electrons. The number of rotatable bonds is 0. The van der Waals surface area contributed by atoms with Gasteiger partial charge in [-0.05, 0) is 19.3 Å². The van der Waals surface area contributed by atoms with Crippen LogP contribution in [-0.4, -0.2) is 15.0 Å². The molecule has 0 aliphatic carbocycles. The van der Waals surface area contributed by atoms with Crippen LogP contribution in [0.4, 0.5) is 0 Å². The quantitative estimate of drug-likeness (QED) is 0.574. The van der Waals surface area contributed by atoms with E-state index in [-0.39, 0.29) is 0 Å². The number of thioether (sulfide) groups is 1. The van der Waals surface area contributed by atoms with Crippen LogP contribution in [0.1, 0.15) is 12.6 Å². The van der Waals surface area contributed by atoms with Gasteiger partial charge in [-0.2, -0.15) is 5.10 Å². The molecule has 1 aliphatic heterocycles. The zero-order valence-electron chi connectivity index (χ0n) is 7.53. The van der Waals surface area contributed by atoms with Crippen molar-refractivity contribution < 1.29 is 0 Å². The highest BCUT2D eigenvalue weighted by molar-refractivity contribution is 8.07. The second-order valence-corrected chi connectivity index (χ2v) is 4.39. The van der Waals surface area contributed by atoms with Crippen LogP contribution >= 0.6 is 11.8 Å². The summed E-state index contributed by atoms with van der Waals surface area (Å²) in [4.78, 5) is 0. The number of hydrogen-bond acceptors (Lipinski definition) is 2. The summed E-state index contributed by atoms with van der Waals surface area (Å²) in [6.45, 7) is 4.27. The Hall–Kier alpha value is -0.700. The number of aromatic nitrogens is 2. The molecule has 1 aromatic heterocycles. The summed E-state index contributed by atoms with van der Waals surface area (Å²) in [5.74, 6) is 0. The first kappa shape index (κ1) is 7.92. The number of hydrogen-bond donors (Lipinski definition) is 0. The highest BCUT2D eigenvalue weighted by Crippen LogP contribution is 2.14. The van der Waals surface area contributed by atoms with Crippen molar-refractivity contribution in [1.29, 1.82) is 0 Å². The topological polar surface area (TPSA) is 17.8 Å². The van der Waals surface area contributed by atoms with Crippen LogP contribution in [0.2, 0.25) is 0 Å². The van der Waals surface area contributed by atoms with Crippen molar-refractivity contribution in [2.45, 2.75) is 19.1 Å². The number of nitrogens with zero attached hydrogens (tertiary/aromatic N) is 2. The Labute approximate surface area is 76.0 Å². The average molecular weight is 180 g/mol. The minimum absolute atomic E-state index is 0.584. The Balaban J connectivity index is 2.82. The first-order chi connectivity index (χ1) is 5.68. The lowest BCUT2D eigenvalue weighted by Gasteiger charge is -2.04. The molecule has 1 aliphatic rings. The van der Waals surface area contributed by atoms with Gasteiger partial charge < -0.3 is 0 Å². The molecule has 2 heterocycles. The van der Waals surface area contributed by atoms with E-state index in [1.807, 2.05) is 23.5 Å². The van der Waals surface area contributed by atoms with Crippen molar-refractivity contribution >= 4 is 23.2 Å². The molecule has 0 amide bonds. The van der Waals surface area contributed by atoms with Gasteiger partial charge in [0.15, 0.2) is 0 Å².